The maximum atomic E-state index is 5.81. The molecular formula is C16H21N3O. The van der Waals surface area contributed by atoms with Crippen LogP contribution in [0.2, 0.25) is 0 Å². The summed E-state index contributed by atoms with van der Waals surface area (Å²) in [5.41, 5.74) is 6.17. The Kier molecular flexibility index (Phi) is 4.58. The predicted molar refractivity (Wildman–Crippen MR) is 81.6 cm³/mol. The van der Waals surface area contributed by atoms with E-state index in [1.165, 1.54) is 11.1 Å². The molecule has 0 bridgehead atoms. The van der Waals surface area contributed by atoms with Crippen LogP contribution >= 0.6 is 0 Å². The van der Waals surface area contributed by atoms with Gasteiger partial charge < -0.3 is 10.2 Å². The molecule has 0 amide bonds. The van der Waals surface area contributed by atoms with Gasteiger partial charge in [0.15, 0.2) is 0 Å². The lowest BCUT2D eigenvalue weighted by atomic mass is 9.98. The number of aryl methyl sites for hydroxylation is 1. The van der Waals surface area contributed by atoms with Crippen molar-refractivity contribution in [2.45, 2.75) is 33.3 Å². The van der Waals surface area contributed by atoms with Crippen molar-refractivity contribution in [3.05, 3.63) is 53.2 Å². The maximum Gasteiger partial charge on any atom is 0.140 e. The summed E-state index contributed by atoms with van der Waals surface area (Å²) >= 11 is 0. The normalized spacial score (nSPS) is 10.7. The van der Waals surface area contributed by atoms with Crippen molar-refractivity contribution < 1.29 is 4.74 Å². The molecule has 0 atom stereocenters. The molecule has 4 nitrogen and oxygen atoms in total. The van der Waals surface area contributed by atoms with Crippen molar-refractivity contribution in [3.8, 4) is 5.75 Å². The third-order valence-electron chi connectivity index (χ3n) is 3.24. The van der Waals surface area contributed by atoms with Crippen LogP contribution in [0.5, 0.6) is 5.75 Å². The first kappa shape index (κ1) is 14.3. The van der Waals surface area contributed by atoms with Crippen molar-refractivity contribution in [1.82, 2.24) is 4.98 Å². The fraction of sp³-hybridized carbons (Fsp3) is 0.312. The van der Waals surface area contributed by atoms with Crippen LogP contribution in [0.3, 0.4) is 0 Å². The van der Waals surface area contributed by atoms with Gasteiger partial charge >= 0.3 is 0 Å². The average molecular weight is 271 g/mol. The van der Waals surface area contributed by atoms with E-state index in [1.807, 2.05) is 18.2 Å². The van der Waals surface area contributed by atoms with E-state index in [0.29, 0.717) is 18.3 Å². The Morgan fingerprint density at radius 2 is 2.05 bits per heavy atom. The van der Waals surface area contributed by atoms with Gasteiger partial charge in [-0.3, -0.25) is 0 Å². The molecule has 0 spiro atoms. The first-order chi connectivity index (χ1) is 9.60. The Labute approximate surface area is 120 Å². The van der Waals surface area contributed by atoms with E-state index in [1.54, 1.807) is 6.20 Å². The molecule has 0 radical (unpaired) electrons. The molecule has 106 valence electrons. The third-order valence-corrected chi connectivity index (χ3v) is 3.24. The van der Waals surface area contributed by atoms with Crippen LogP contribution in [-0.2, 0) is 6.61 Å². The fourth-order valence-electron chi connectivity index (χ4n) is 2.20. The van der Waals surface area contributed by atoms with Crippen LogP contribution in [-0.4, -0.2) is 4.98 Å². The van der Waals surface area contributed by atoms with Crippen LogP contribution in [0.1, 0.15) is 36.5 Å². The highest BCUT2D eigenvalue weighted by atomic mass is 16.5. The summed E-state index contributed by atoms with van der Waals surface area (Å²) in [6.07, 6.45) is 1.71. The number of ether oxygens (including phenoxy) is 1. The number of rotatable bonds is 5. The largest absolute Gasteiger partial charge is 0.489 e. The quantitative estimate of drug-likeness (QED) is 0.646. The molecular weight excluding hydrogens is 250 g/mol. The minimum Gasteiger partial charge on any atom is -0.489 e. The van der Waals surface area contributed by atoms with Crippen molar-refractivity contribution in [2.24, 2.45) is 5.84 Å². The van der Waals surface area contributed by atoms with Gasteiger partial charge in [0.1, 0.15) is 18.2 Å². The summed E-state index contributed by atoms with van der Waals surface area (Å²) in [5.74, 6) is 7.38. The number of anilines is 1. The van der Waals surface area contributed by atoms with E-state index in [0.717, 1.165) is 11.3 Å². The number of hydrogen-bond acceptors (Lipinski definition) is 4. The van der Waals surface area contributed by atoms with Crippen LogP contribution < -0.4 is 16.0 Å². The summed E-state index contributed by atoms with van der Waals surface area (Å²) in [7, 11) is 0. The highest BCUT2D eigenvalue weighted by molar-refractivity contribution is 5.38. The Morgan fingerprint density at radius 1 is 1.25 bits per heavy atom. The number of benzene rings is 1. The second kappa shape index (κ2) is 6.39. The number of nitrogens with two attached hydrogens (primary N) is 1. The lowest BCUT2D eigenvalue weighted by Crippen LogP contribution is -2.09. The van der Waals surface area contributed by atoms with Crippen molar-refractivity contribution in [3.63, 3.8) is 0 Å². The van der Waals surface area contributed by atoms with Gasteiger partial charge in [-0.15, -0.1) is 0 Å². The molecule has 1 heterocycles. The monoisotopic (exact) mass is 271 g/mol. The molecule has 0 aliphatic rings. The Bertz CT molecular complexity index is 582. The molecule has 4 heteroatoms. The molecule has 3 N–H and O–H groups in total. The molecule has 1 aromatic heterocycles. The van der Waals surface area contributed by atoms with Gasteiger partial charge in [0.05, 0.1) is 0 Å². The van der Waals surface area contributed by atoms with Gasteiger partial charge in [0.2, 0.25) is 0 Å². The molecule has 2 aromatic rings. The summed E-state index contributed by atoms with van der Waals surface area (Å²) in [6, 6.07) is 10.0. The maximum absolute atomic E-state index is 5.81. The van der Waals surface area contributed by atoms with Crippen molar-refractivity contribution in [2.75, 3.05) is 5.43 Å². The minimum absolute atomic E-state index is 0.498. The molecule has 0 aliphatic heterocycles. The first-order valence-electron chi connectivity index (χ1n) is 6.75. The Hall–Kier alpha value is -2.07. The number of hydrazine groups is 1. The molecule has 0 saturated carbocycles. The number of nitrogens with one attached hydrogen (secondary N) is 1. The van der Waals surface area contributed by atoms with E-state index in [-0.39, 0.29) is 0 Å². The second-order valence-electron chi connectivity index (χ2n) is 5.16. The lowest BCUT2D eigenvalue weighted by Gasteiger charge is -2.12. The minimum atomic E-state index is 0.498. The number of hydrogen-bond donors (Lipinski definition) is 2. The van der Waals surface area contributed by atoms with Gasteiger partial charge in [0, 0.05) is 6.20 Å². The Morgan fingerprint density at radius 3 is 2.70 bits per heavy atom. The summed E-state index contributed by atoms with van der Waals surface area (Å²) in [5, 5.41) is 0. The number of nitrogens with zero attached hydrogens (tertiary/aromatic N) is 1. The van der Waals surface area contributed by atoms with E-state index >= 15 is 0 Å². The SMILES string of the molecule is Cc1cc(OCc2ccnc(NN)c2)ccc1C(C)C. The Balaban J connectivity index is 2.05. The van der Waals surface area contributed by atoms with Gasteiger partial charge in [0.25, 0.3) is 0 Å². The van der Waals surface area contributed by atoms with Crippen LogP contribution in [0.25, 0.3) is 0 Å². The van der Waals surface area contributed by atoms with Crippen LogP contribution in [0, 0.1) is 6.92 Å². The number of nitrogen functional groups attached to an aromatic ring is 1. The van der Waals surface area contributed by atoms with Gasteiger partial charge in [-0.2, -0.15) is 0 Å². The topological polar surface area (TPSA) is 60.2 Å². The van der Waals surface area contributed by atoms with E-state index in [2.05, 4.69) is 43.3 Å². The zero-order valence-corrected chi connectivity index (χ0v) is 12.2. The first-order valence-corrected chi connectivity index (χ1v) is 6.75. The average Bonchev–Trinajstić information content (AvgIpc) is 2.45. The lowest BCUT2D eigenvalue weighted by molar-refractivity contribution is 0.306. The smallest absolute Gasteiger partial charge is 0.140 e. The van der Waals surface area contributed by atoms with E-state index < -0.39 is 0 Å². The fourth-order valence-corrected chi connectivity index (χ4v) is 2.20. The van der Waals surface area contributed by atoms with Gasteiger partial charge in [-0.25, -0.2) is 10.8 Å². The number of aromatic nitrogens is 1. The zero-order chi connectivity index (χ0) is 14.5. The summed E-state index contributed by atoms with van der Waals surface area (Å²) < 4.78 is 5.81. The molecule has 0 fully saturated rings. The highest BCUT2D eigenvalue weighted by Gasteiger charge is 2.05. The van der Waals surface area contributed by atoms with Crippen LogP contribution in [0.15, 0.2) is 36.5 Å². The van der Waals surface area contributed by atoms with Gasteiger partial charge in [-0.1, -0.05) is 19.9 Å². The predicted octanol–water partition coefficient (Wildman–Crippen LogP) is 3.38. The van der Waals surface area contributed by atoms with Crippen LogP contribution in [0.4, 0.5) is 5.82 Å². The highest BCUT2D eigenvalue weighted by Crippen LogP contribution is 2.24. The van der Waals surface area contributed by atoms with Crippen molar-refractivity contribution >= 4 is 5.82 Å². The molecule has 0 unspecified atom stereocenters. The second-order valence-corrected chi connectivity index (χ2v) is 5.16. The molecule has 20 heavy (non-hydrogen) atoms. The standard InChI is InChI=1S/C16H21N3O/c1-11(2)15-5-4-14(8-12(15)3)20-10-13-6-7-18-16(9-13)19-17/h4-9,11H,10,17H2,1-3H3,(H,18,19). The molecule has 0 saturated heterocycles. The molecule has 2 rings (SSSR count). The van der Waals surface area contributed by atoms with E-state index in [9.17, 15) is 0 Å². The third kappa shape index (κ3) is 3.48. The molecule has 1 aromatic carbocycles. The zero-order valence-electron chi connectivity index (χ0n) is 12.2. The van der Waals surface area contributed by atoms with E-state index in [4.69, 9.17) is 10.6 Å². The van der Waals surface area contributed by atoms with Gasteiger partial charge in [-0.05, 0) is 53.8 Å². The number of pyridine rings is 1. The van der Waals surface area contributed by atoms with Crippen molar-refractivity contribution in [1.29, 1.82) is 0 Å². The molecule has 0 aliphatic carbocycles. The summed E-state index contributed by atoms with van der Waals surface area (Å²) in [6.45, 7) is 7.01. The summed E-state index contributed by atoms with van der Waals surface area (Å²) in [4.78, 5) is 4.07.